The van der Waals surface area contributed by atoms with E-state index in [9.17, 15) is 14.4 Å². The molecule has 2 N–H and O–H groups in total. The summed E-state index contributed by atoms with van der Waals surface area (Å²) in [5, 5.41) is 5.52. The summed E-state index contributed by atoms with van der Waals surface area (Å²) in [7, 11) is 1.32. The molecule has 0 bridgehead atoms. The van der Waals surface area contributed by atoms with Crippen LogP contribution in [0.3, 0.4) is 0 Å². The Labute approximate surface area is 195 Å². The molecule has 0 aliphatic carbocycles. The molecule has 7 nitrogen and oxygen atoms in total. The van der Waals surface area contributed by atoms with E-state index >= 15 is 0 Å². The maximum atomic E-state index is 12.4. The Morgan fingerprint density at radius 3 is 2.27 bits per heavy atom. The lowest BCUT2D eigenvalue weighted by Gasteiger charge is -2.19. The van der Waals surface area contributed by atoms with Gasteiger partial charge in [-0.1, -0.05) is 55.0 Å². The molecule has 0 saturated heterocycles. The van der Waals surface area contributed by atoms with Gasteiger partial charge in [-0.05, 0) is 48.9 Å². The van der Waals surface area contributed by atoms with Crippen molar-refractivity contribution < 1.29 is 23.9 Å². The highest BCUT2D eigenvalue weighted by Gasteiger charge is 2.23. The Morgan fingerprint density at radius 2 is 1.61 bits per heavy atom. The number of unbranched alkanes of at least 4 members (excludes halogenated alkanes) is 2. The van der Waals surface area contributed by atoms with Gasteiger partial charge in [-0.2, -0.15) is 0 Å². The highest BCUT2D eigenvalue weighted by molar-refractivity contribution is 5.84. The van der Waals surface area contributed by atoms with Crippen LogP contribution in [0.1, 0.15) is 47.9 Å². The summed E-state index contributed by atoms with van der Waals surface area (Å²) in [6.07, 6.45) is 2.40. The molecular weight excluding hydrogens is 420 g/mol. The quantitative estimate of drug-likeness (QED) is 0.374. The number of rotatable bonds is 12. The van der Waals surface area contributed by atoms with E-state index in [2.05, 4.69) is 10.6 Å². The zero-order valence-electron chi connectivity index (χ0n) is 19.7. The van der Waals surface area contributed by atoms with Crippen molar-refractivity contribution >= 4 is 18.0 Å². The molecule has 0 radical (unpaired) electrons. The molecule has 0 saturated carbocycles. The number of benzene rings is 2. The number of amides is 2. The minimum Gasteiger partial charge on any atom is -0.467 e. The zero-order valence-corrected chi connectivity index (χ0v) is 19.7. The molecule has 0 heterocycles. The van der Waals surface area contributed by atoms with Gasteiger partial charge in [0.2, 0.25) is 5.91 Å². The first-order valence-electron chi connectivity index (χ1n) is 11.3. The summed E-state index contributed by atoms with van der Waals surface area (Å²) in [5.74, 6) is -0.643. The summed E-state index contributed by atoms with van der Waals surface area (Å²) in [6, 6.07) is 14.7. The van der Waals surface area contributed by atoms with E-state index in [1.807, 2.05) is 62.4 Å². The van der Waals surface area contributed by atoms with Crippen molar-refractivity contribution in [3.63, 3.8) is 0 Å². The molecule has 2 aromatic rings. The molecule has 0 aromatic heterocycles. The highest BCUT2D eigenvalue weighted by Crippen LogP contribution is 2.16. The summed E-state index contributed by atoms with van der Waals surface area (Å²) in [6.45, 7) is 4.69. The second kappa shape index (κ2) is 13.9. The molecule has 178 valence electrons. The lowest BCUT2D eigenvalue weighted by atomic mass is 9.96. The van der Waals surface area contributed by atoms with Crippen LogP contribution >= 0.6 is 0 Å². The van der Waals surface area contributed by atoms with Crippen molar-refractivity contribution in [3.05, 3.63) is 70.8 Å². The van der Waals surface area contributed by atoms with E-state index in [0.717, 1.165) is 35.1 Å². The number of ether oxygens (including phenoxy) is 2. The first kappa shape index (κ1) is 25.9. The number of carbonyl (C=O) groups is 3. The summed E-state index contributed by atoms with van der Waals surface area (Å²) in [4.78, 5) is 36.3. The average molecular weight is 455 g/mol. The number of nitrogens with one attached hydrogen (secondary N) is 2. The van der Waals surface area contributed by atoms with Crippen LogP contribution in [-0.2, 0) is 32.1 Å². The summed E-state index contributed by atoms with van der Waals surface area (Å²) >= 11 is 0. The van der Waals surface area contributed by atoms with Crippen molar-refractivity contribution in [2.45, 2.75) is 58.6 Å². The van der Waals surface area contributed by atoms with E-state index in [1.165, 1.54) is 7.11 Å². The fourth-order valence-electron chi connectivity index (χ4n) is 3.53. The highest BCUT2D eigenvalue weighted by atomic mass is 16.5. The van der Waals surface area contributed by atoms with Gasteiger partial charge in [0.15, 0.2) is 0 Å². The van der Waals surface area contributed by atoms with Crippen molar-refractivity contribution in [3.8, 4) is 0 Å². The molecule has 0 aliphatic rings. The first-order chi connectivity index (χ1) is 15.9. The Morgan fingerprint density at radius 1 is 0.909 bits per heavy atom. The molecule has 0 aliphatic heterocycles. The fraction of sp³-hybridized carbons (Fsp3) is 0.423. The molecule has 0 fully saturated rings. The molecule has 7 heteroatoms. The average Bonchev–Trinajstić information content (AvgIpc) is 2.81. The normalized spacial score (nSPS) is 11.4. The van der Waals surface area contributed by atoms with Crippen LogP contribution in [0.5, 0.6) is 0 Å². The van der Waals surface area contributed by atoms with E-state index in [-0.39, 0.29) is 12.5 Å². The standard InChI is InChI=1S/C26H34N2O5/c1-19-11-10-12-20(2)22(19)17-23(25(30)32-3)28-24(29)15-8-5-9-16-27-26(31)33-18-21-13-6-4-7-14-21/h4,6-7,10-14,23H,5,8-9,15-18H2,1-3H3,(H,27,31)(H,28,29)/t23-/m0/s1. The predicted octanol–water partition coefficient (Wildman–Crippen LogP) is 3.99. The van der Waals surface area contributed by atoms with Crippen molar-refractivity contribution in [2.24, 2.45) is 0 Å². The molecule has 2 amide bonds. The van der Waals surface area contributed by atoms with Crippen LogP contribution in [0, 0.1) is 13.8 Å². The van der Waals surface area contributed by atoms with Gasteiger partial charge in [0.05, 0.1) is 7.11 Å². The molecule has 0 unspecified atom stereocenters. The van der Waals surface area contributed by atoms with Gasteiger partial charge in [-0.25, -0.2) is 9.59 Å². The number of hydrogen-bond donors (Lipinski definition) is 2. The van der Waals surface area contributed by atoms with E-state index in [1.54, 1.807) is 0 Å². The van der Waals surface area contributed by atoms with Crippen molar-refractivity contribution in [1.29, 1.82) is 0 Å². The second-order valence-electron chi connectivity index (χ2n) is 8.02. The minimum atomic E-state index is -0.719. The topological polar surface area (TPSA) is 93.7 Å². The van der Waals surface area contributed by atoms with Gasteiger partial charge in [-0.3, -0.25) is 4.79 Å². The molecule has 0 spiro atoms. The summed E-state index contributed by atoms with van der Waals surface area (Å²) < 4.78 is 10.0. The van der Waals surface area contributed by atoms with E-state index < -0.39 is 18.1 Å². The number of carbonyl (C=O) groups excluding carboxylic acids is 3. The molecular formula is C26H34N2O5. The van der Waals surface area contributed by atoms with Gasteiger partial charge in [0.25, 0.3) is 0 Å². The predicted molar refractivity (Wildman–Crippen MR) is 127 cm³/mol. The minimum absolute atomic E-state index is 0.188. The van der Waals surface area contributed by atoms with Crippen molar-refractivity contribution in [2.75, 3.05) is 13.7 Å². The number of methoxy groups -OCH3 is 1. The third-order valence-electron chi connectivity index (χ3n) is 5.44. The summed E-state index contributed by atoms with van der Waals surface area (Å²) in [5.41, 5.74) is 4.13. The Hall–Kier alpha value is -3.35. The largest absolute Gasteiger partial charge is 0.467 e. The van der Waals surface area contributed by atoms with Gasteiger partial charge >= 0.3 is 12.1 Å². The molecule has 33 heavy (non-hydrogen) atoms. The van der Waals surface area contributed by atoms with Crippen LogP contribution in [-0.4, -0.2) is 37.7 Å². The van der Waals surface area contributed by atoms with Crippen LogP contribution in [0.25, 0.3) is 0 Å². The van der Waals surface area contributed by atoms with E-state index in [0.29, 0.717) is 25.8 Å². The van der Waals surface area contributed by atoms with Gasteiger partial charge < -0.3 is 20.1 Å². The smallest absolute Gasteiger partial charge is 0.407 e. The maximum absolute atomic E-state index is 12.4. The third-order valence-corrected chi connectivity index (χ3v) is 5.44. The molecule has 2 rings (SSSR count). The van der Waals surface area contributed by atoms with Crippen LogP contribution in [0.2, 0.25) is 0 Å². The number of aryl methyl sites for hydroxylation is 2. The lowest BCUT2D eigenvalue weighted by molar-refractivity contribution is -0.145. The monoisotopic (exact) mass is 454 g/mol. The number of esters is 1. The lowest BCUT2D eigenvalue weighted by Crippen LogP contribution is -2.43. The van der Waals surface area contributed by atoms with Crippen molar-refractivity contribution in [1.82, 2.24) is 10.6 Å². The first-order valence-corrected chi connectivity index (χ1v) is 11.3. The molecule has 2 aromatic carbocycles. The maximum Gasteiger partial charge on any atom is 0.407 e. The van der Waals surface area contributed by atoms with Crippen LogP contribution in [0.15, 0.2) is 48.5 Å². The van der Waals surface area contributed by atoms with Crippen LogP contribution < -0.4 is 10.6 Å². The van der Waals surface area contributed by atoms with Gasteiger partial charge in [0, 0.05) is 19.4 Å². The fourth-order valence-corrected chi connectivity index (χ4v) is 3.53. The number of hydrogen-bond acceptors (Lipinski definition) is 5. The molecule has 1 atom stereocenters. The SMILES string of the molecule is COC(=O)[C@H](Cc1c(C)cccc1C)NC(=O)CCCCCNC(=O)OCc1ccccc1. The Kier molecular flexibility index (Phi) is 10.9. The Balaban J connectivity index is 1.66. The van der Waals surface area contributed by atoms with Gasteiger partial charge in [0.1, 0.15) is 12.6 Å². The zero-order chi connectivity index (χ0) is 24.1. The van der Waals surface area contributed by atoms with Crippen LogP contribution in [0.4, 0.5) is 4.79 Å². The Bertz CT molecular complexity index is 894. The van der Waals surface area contributed by atoms with E-state index in [4.69, 9.17) is 9.47 Å². The second-order valence-corrected chi connectivity index (χ2v) is 8.02. The third kappa shape index (κ3) is 9.35. The number of alkyl carbamates (subject to hydrolysis) is 1. The van der Waals surface area contributed by atoms with Gasteiger partial charge in [-0.15, -0.1) is 0 Å².